The number of hydrogen-bond donors (Lipinski definition) is 1. The van der Waals surface area contributed by atoms with Crippen molar-refractivity contribution in [1.82, 2.24) is 0 Å². The van der Waals surface area contributed by atoms with Crippen LogP contribution in [0, 0.1) is 11.8 Å². The highest BCUT2D eigenvalue weighted by Crippen LogP contribution is 2.22. The summed E-state index contributed by atoms with van der Waals surface area (Å²) in [4.78, 5) is 0. The summed E-state index contributed by atoms with van der Waals surface area (Å²) in [6.45, 7) is 3.79. The van der Waals surface area contributed by atoms with Crippen molar-refractivity contribution in [2.24, 2.45) is 27.8 Å². The van der Waals surface area contributed by atoms with Crippen LogP contribution in [0.15, 0.2) is 10.2 Å². The molecular formula is C10H17N3O. The normalized spacial score (nSPS) is 33.5. The SMILES string of the molecule is CC1CC(C2CCCOC2)=NN=C1N. The van der Waals surface area contributed by atoms with Gasteiger partial charge >= 0.3 is 0 Å². The van der Waals surface area contributed by atoms with Crippen LogP contribution in [0.4, 0.5) is 0 Å². The summed E-state index contributed by atoms with van der Waals surface area (Å²) in [6.07, 6.45) is 3.27. The first-order valence-electron chi connectivity index (χ1n) is 5.25. The summed E-state index contributed by atoms with van der Waals surface area (Å²) in [7, 11) is 0. The zero-order chi connectivity index (χ0) is 9.97. The second-order valence-corrected chi connectivity index (χ2v) is 4.14. The van der Waals surface area contributed by atoms with Crippen LogP contribution in [0.25, 0.3) is 0 Å². The van der Waals surface area contributed by atoms with Gasteiger partial charge in [-0.2, -0.15) is 5.10 Å². The van der Waals surface area contributed by atoms with Gasteiger partial charge in [0.15, 0.2) is 0 Å². The van der Waals surface area contributed by atoms with Crippen LogP contribution in [-0.2, 0) is 4.74 Å². The largest absolute Gasteiger partial charge is 0.385 e. The molecule has 0 aromatic rings. The molecule has 14 heavy (non-hydrogen) atoms. The monoisotopic (exact) mass is 195 g/mol. The number of nitrogens with zero attached hydrogens (tertiary/aromatic N) is 2. The first-order valence-corrected chi connectivity index (χ1v) is 5.25. The van der Waals surface area contributed by atoms with Gasteiger partial charge in [0, 0.05) is 24.2 Å². The van der Waals surface area contributed by atoms with Gasteiger partial charge in [-0.3, -0.25) is 0 Å². The van der Waals surface area contributed by atoms with Crippen LogP contribution in [-0.4, -0.2) is 24.8 Å². The molecule has 0 amide bonds. The molecule has 0 spiro atoms. The molecule has 0 bridgehead atoms. The van der Waals surface area contributed by atoms with Gasteiger partial charge in [-0.15, -0.1) is 5.10 Å². The Kier molecular flexibility index (Phi) is 2.82. The number of rotatable bonds is 1. The maximum atomic E-state index is 5.68. The molecule has 2 aliphatic rings. The number of amidine groups is 1. The molecule has 1 fully saturated rings. The van der Waals surface area contributed by atoms with Crippen molar-refractivity contribution in [3.8, 4) is 0 Å². The molecule has 4 nitrogen and oxygen atoms in total. The fourth-order valence-corrected chi connectivity index (χ4v) is 1.93. The fraction of sp³-hybridized carbons (Fsp3) is 0.800. The molecule has 2 N–H and O–H groups in total. The third-order valence-corrected chi connectivity index (χ3v) is 2.95. The van der Waals surface area contributed by atoms with Crippen LogP contribution < -0.4 is 5.73 Å². The molecular weight excluding hydrogens is 178 g/mol. The van der Waals surface area contributed by atoms with E-state index in [-0.39, 0.29) is 0 Å². The van der Waals surface area contributed by atoms with Gasteiger partial charge in [-0.25, -0.2) is 0 Å². The molecule has 2 rings (SSSR count). The number of ether oxygens (including phenoxy) is 1. The quantitative estimate of drug-likeness (QED) is 0.682. The molecule has 0 aromatic carbocycles. The summed E-state index contributed by atoms with van der Waals surface area (Å²) in [5.74, 6) is 1.47. The average molecular weight is 195 g/mol. The van der Waals surface area contributed by atoms with E-state index in [1.54, 1.807) is 0 Å². The fourth-order valence-electron chi connectivity index (χ4n) is 1.93. The van der Waals surface area contributed by atoms with Crippen molar-refractivity contribution < 1.29 is 4.74 Å². The lowest BCUT2D eigenvalue weighted by molar-refractivity contribution is 0.0760. The van der Waals surface area contributed by atoms with E-state index < -0.39 is 0 Å². The highest BCUT2D eigenvalue weighted by molar-refractivity contribution is 5.95. The molecule has 0 radical (unpaired) electrons. The van der Waals surface area contributed by atoms with Gasteiger partial charge < -0.3 is 10.5 Å². The zero-order valence-electron chi connectivity index (χ0n) is 8.57. The van der Waals surface area contributed by atoms with Crippen LogP contribution in [0.1, 0.15) is 26.2 Å². The van der Waals surface area contributed by atoms with E-state index in [1.165, 1.54) is 12.1 Å². The molecule has 78 valence electrons. The van der Waals surface area contributed by atoms with Crippen molar-refractivity contribution >= 4 is 11.5 Å². The van der Waals surface area contributed by atoms with E-state index in [0.29, 0.717) is 17.7 Å². The lowest BCUT2D eigenvalue weighted by Crippen LogP contribution is -2.32. The third-order valence-electron chi connectivity index (χ3n) is 2.95. The van der Waals surface area contributed by atoms with E-state index in [2.05, 4.69) is 17.1 Å². The van der Waals surface area contributed by atoms with Crippen molar-refractivity contribution in [2.45, 2.75) is 26.2 Å². The van der Waals surface area contributed by atoms with E-state index >= 15 is 0 Å². The predicted molar refractivity (Wildman–Crippen MR) is 56.4 cm³/mol. The van der Waals surface area contributed by atoms with E-state index in [4.69, 9.17) is 10.5 Å². The minimum absolute atomic E-state index is 0.337. The Balaban J connectivity index is 2.04. The minimum atomic E-state index is 0.337. The number of nitrogens with two attached hydrogens (primary N) is 1. The molecule has 0 saturated carbocycles. The second-order valence-electron chi connectivity index (χ2n) is 4.14. The van der Waals surface area contributed by atoms with E-state index in [9.17, 15) is 0 Å². The maximum Gasteiger partial charge on any atom is 0.125 e. The average Bonchev–Trinajstić information content (AvgIpc) is 2.23. The minimum Gasteiger partial charge on any atom is -0.385 e. The predicted octanol–water partition coefficient (Wildman–Crippen LogP) is 1.17. The molecule has 2 unspecified atom stereocenters. The van der Waals surface area contributed by atoms with Crippen molar-refractivity contribution in [3.63, 3.8) is 0 Å². The van der Waals surface area contributed by atoms with Gasteiger partial charge in [0.05, 0.1) is 6.61 Å². The third kappa shape index (κ3) is 1.95. The van der Waals surface area contributed by atoms with Crippen LogP contribution >= 0.6 is 0 Å². The van der Waals surface area contributed by atoms with Crippen LogP contribution in [0.5, 0.6) is 0 Å². The standard InChI is InChI=1S/C10H17N3O/c1-7-5-9(12-13-10(7)11)8-3-2-4-14-6-8/h7-8H,2-6H2,1H3,(H2,11,13). The van der Waals surface area contributed by atoms with Crippen molar-refractivity contribution in [3.05, 3.63) is 0 Å². The summed E-state index contributed by atoms with van der Waals surface area (Å²) < 4.78 is 5.44. The Hall–Kier alpha value is -0.900. The Labute approximate surface area is 84.2 Å². The maximum absolute atomic E-state index is 5.68. The van der Waals surface area contributed by atoms with E-state index in [1.807, 2.05) is 0 Å². The molecule has 1 saturated heterocycles. The summed E-state index contributed by atoms with van der Waals surface area (Å²) in [6, 6.07) is 0. The molecule has 0 aliphatic carbocycles. The number of hydrogen-bond acceptors (Lipinski definition) is 4. The molecule has 0 aromatic heterocycles. The van der Waals surface area contributed by atoms with Crippen LogP contribution in [0.2, 0.25) is 0 Å². The summed E-state index contributed by atoms with van der Waals surface area (Å²) in [5.41, 5.74) is 6.85. The van der Waals surface area contributed by atoms with Gasteiger partial charge in [-0.1, -0.05) is 6.92 Å². The lowest BCUT2D eigenvalue weighted by atomic mass is 9.89. The lowest BCUT2D eigenvalue weighted by Gasteiger charge is -2.26. The second kappa shape index (κ2) is 4.09. The van der Waals surface area contributed by atoms with Crippen LogP contribution in [0.3, 0.4) is 0 Å². The summed E-state index contributed by atoms with van der Waals surface area (Å²) >= 11 is 0. The van der Waals surface area contributed by atoms with Gasteiger partial charge in [-0.05, 0) is 19.3 Å². The Morgan fingerprint density at radius 3 is 2.93 bits per heavy atom. The Morgan fingerprint density at radius 2 is 2.29 bits per heavy atom. The van der Waals surface area contributed by atoms with Gasteiger partial charge in [0.25, 0.3) is 0 Å². The molecule has 2 heterocycles. The van der Waals surface area contributed by atoms with Crippen molar-refractivity contribution in [1.29, 1.82) is 0 Å². The van der Waals surface area contributed by atoms with Crippen molar-refractivity contribution in [2.75, 3.05) is 13.2 Å². The van der Waals surface area contributed by atoms with Gasteiger partial charge in [0.2, 0.25) is 0 Å². The zero-order valence-corrected chi connectivity index (χ0v) is 8.57. The Bertz CT molecular complexity index is 267. The highest BCUT2D eigenvalue weighted by Gasteiger charge is 2.24. The topological polar surface area (TPSA) is 60.0 Å². The smallest absolute Gasteiger partial charge is 0.125 e. The first kappa shape index (κ1) is 9.65. The van der Waals surface area contributed by atoms with E-state index in [0.717, 1.165) is 26.1 Å². The molecule has 2 aliphatic heterocycles. The molecule has 4 heteroatoms. The Morgan fingerprint density at radius 1 is 1.43 bits per heavy atom. The summed E-state index contributed by atoms with van der Waals surface area (Å²) in [5, 5.41) is 8.18. The highest BCUT2D eigenvalue weighted by atomic mass is 16.5. The molecule has 2 atom stereocenters. The van der Waals surface area contributed by atoms with Gasteiger partial charge in [0.1, 0.15) is 5.84 Å². The first-order chi connectivity index (χ1) is 6.77.